The average molecular weight is 144 g/mol. The van der Waals surface area contributed by atoms with Crippen molar-refractivity contribution in [2.24, 2.45) is 5.16 Å². The van der Waals surface area contributed by atoms with Gasteiger partial charge >= 0.3 is 0 Å². The highest BCUT2D eigenvalue weighted by molar-refractivity contribution is 7.09. The number of nitrogens with two attached hydrogens (primary N) is 1. The Morgan fingerprint density at radius 1 is 1.78 bits per heavy atom. The van der Waals surface area contributed by atoms with Gasteiger partial charge in [-0.05, 0) is 0 Å². The first-order valence-electron chi connectivity index (χ1n) is 2.09. The Balaban J connectivity index is 2.85. The van der Waals surface area contributed by atoms with Crippen LogP contribution in [0, 0.1) is 0 Å². The molecule has 0 spiro atoms. The summed E-state index contributed by atoms with van der Waals surface area (Å²) in [4.78, 5) is 3.68. The van der Waals surface area contributed by atoms with Gasteiger partial charge in [-0.25, -0.2) is 0 Å². The molecule has 5 nitrogen and oxygen atoms in total. The van der Waals surface area contributed by atoms with E-state index in [1.165, 1.54) is 0 Å². The highest BCUT2D eigenvalue weighted by Crippen LogP contribution is 2.02. The van der Waals surface area contributed by atoms with E-state index in [1.54, 1.807) is 0 Å². The second kappa shape index (κ2) is 2.40. The average Bonchev–Trinajstić information content (AvgIpc) is 2.17. The third kappa shape index (κ3) is 1.36. The summed E-state index contributed by atoms with van der Waals surface area (Å²) in [5, 5.41) is 11.1. The van der Waals surface area contributed by atoms with Crippen LogP contribution in [0.25, 0.3) is 0 Å². The topological polar surface area (TPSA) is 84.4 Å². The van der Waals surface area contributed by atoms with E-state index in [9.17, 15) is 0 Å². The van der Waals surface area contributed by atoms with Gasteiger partial charge in [0.15, 0.2) is 11.0 Å². The highest BCUT2D eigenvalue weighted by atomic mass is 32.1. The van der Waals surface area contributed by atoms with Crippen molar-refractivity contribution >= 4 is 22.9 Å². The molecule has 1 heterocycles. The molecule has 0 amide bonds. The van der Waals surface area contributed by atoms with Gasteiger partial charge in [-0.15, -0.1) is 0 Å². The van der Waals surface area contributed by atoms with Crippen molar-refractivity contribution in [1.82, 2.24) is 9.36 Å². The molecule has 6 heteroatoms. The van der Waals surface area contributed by atoms with Crippen molar-refractivity contribution < 1.29 is 5.21 Å². The normalized spacial score (nSPS) is 10.7. The van der Waals surface area contributed by atoms with E-state index in [0.717, 1.165) is 17.7 Å². The van der Waals surface area contributed by atoms with Crippen molar-refractivity contribution in [3.8, 4) is 0 Å². The lowest BCUT2D eigenvalue weighted by Gasteiger charge is -1.72. The Hall–Kier alpha value is -1.17. The first-order valence-corrected chi connectivity index (χ1v) is 2.87. The van der Waals surface area contributed by atoms with Crippen LogP contribution >= 0.6 is 11.5 Å². The van der Waals surface area contributed by atoms with Crippen molar-refractivity contribution in [2.45, 2.75) is 0 Å². The molecule has 0 radical (unpaired) electrons. The van der Waals surface area contributed by atoms with E-state index in [1.807, 2.05) is 0 Å². The number of anilines is 1. The molecule has 0 bridgehead atoms. The molecule has 0 atom stereocenters. The molecule has 48 valence electrons. The number of hydrogen-bond donors (Lipinski definition) is 2. The maximum Gasteiger partial charge on any atom is 0.200 e. The number of rotatable bonds is 1. The Bertz CT molecular complexity index is 219. The van der Waals surface area contributed by atoms with Crippen LogP contribution in [-0.4, -0.2) is 20.8 Å². The SMILES string of the molecule is Nc1nc(/C=N/O)ns1. The molecule has 0 aromatic carbocycles. The van der Waals surface area contributed by atoms with Crippen LogP contribution in [0.1, 0.15) is 5.82 Å². The summed E-state index contributed by atoms with van der Waals surface area (Å²) >= 11 is 1.06. The van der Waals surface area contributed by atoms with Crippen molar-refractivity contribution in [1.29, 1.82) is 0 Å². The van der Waals surface area contributed by atoms with Gasteiger partial charge in [0.25, 0.3) is 0 Å². The molecular weight excluding hydrogens is 140 g/mol. The molecule has 3 N–H and O–H groups in total. The first-order chi connectivity index (χ1) is 4.33. The van der Waals surface area contributed by atoms with Crippen LogP contribution in [0.2, 0.25) is 0 Å². The van der Waals surface area contributed by atoms with Crippen molar-refractivity contribution in [3.05, 3.63) is 5.82 Å². The summed E-state index contributed by atoms with van der Waals surface area (Å²) in [6, 6.07) is 0. The number of nitrogens with zero attached hydrogens (tertiary/aromatic N) is 3. The Morgan fingerprint density at radius 3 is 3.00 bits per heavy atom. The van der Waals surface area contributed by atoms with Crippen LogP contribution < -0.4 is 5.73 Å². The zero-order valence-electron chi connectivity index (χ0n) is 4.35. The fourth-order valence-corrected chi connectivity index (χ4v) is 0.761. The first kappa shape index (κ1) is 5.96. The van der Waals surface area contributed by atoms with Crippen LogP contribution in [0.5, 0.6) is 0 Å². The van der Waals surface area contributed by atoms with Gasteiger partial charge in [-0.3, -0.25) is 0 Å². The maximum absolute atomic E-state index is 7.98. The fraction of sp³-hybridized carbons (Fsp3) is 0. The zero-order valence-corrected chi connectivity index (χ0v) is 5.17. The van der Waals surface area contributed by atoms with Gasteiger partial charge in [0.05, 0.1) is 0 Å². The largest absolute Gasteiger partial charge is 0.411 e. The Morgan fingerprint density at radius 2 is 2.56 bits per heavy atom. The molecule has 1 rings (SSSR count). The van der Waals surface area contributed by atoms with Gasteiger partial charge in [0.2, 0.25) is 0 Å². The molecule has 0 fully saturated rings. The minimum absolute atomic E-state index is 0.333. The van der Waals surface area contributed by atoms with E-state index in [4.69, 9.17) is 10.9 Å². The summed E-state index contributed by atoms with van der Waals surface area (Å²) in [6.07, 6.45) is 1.12. The van der Waals surface area contributed by atoms with Gasteiger partial charge in [-0.2, -0.15) is 9.36 Å². The summed E-state index contributed by atoms with van der Waals surface area (Å²) in [7, 11) is 0. The third-order valence-electron chi connectivity index (χ3n) is 0.631. The van der Waals surface area contributed by atoms with E-state index in [-0.39, 0.29) is 0 Å². The predicted octanol–water partition coefficient (Wildman–Crippen LogP) is -0.0716. The highest BCUT2D eigenvalue weighted by Gasteiger charge is 1.94. The van der Waals surface area contributed by atoms with Crippen molar-refractivity contribution in [3.63, 3.8) is 0 Å². The number of oxime groups is 1. The minimum atomic E-state index is 0.333. The molecule has 0 aliphatic carbocycles. The lowest BCUT2D eigenvalue weighted by molar-refractivity contribution is 0.321. The van der Waals surface area contributed by atoms with Gasteiger partial charge < -0.3 is 10.9 Å². The molecule has 0 unspecified atom stereocenters. The van der Waals surface area contributed by atoms with E-state index >= 15 is 0 Å². The van der Waals surface area contributed by atoms with Gasteiger partial charge in [0, 0.05) is 11.5 Å². The smallest absolute Gasteiger partial charge is 0.200 e. The summed E-state index contributed by atoms with van der Waals surface area (Å²) in [6.45, 7) is 0. The van der Waals surface area contributed by atoms with Crippen LogP contribution in [0.4, 0.5) is 5.13 Å². The zero-order chi connectivity index (χ0) is 6.69. The lowest BCUT2D eigenvalue weighted by Crippen LogP contribution is -1.85. The molecule has 1 aromatic rings. The third-order valence-corrected chi connectivity index (χ3v) is 1.19. The Kier molecular flexibility index (Phi) is 1.59. The number of aromatic nitrogens is 2. The Labute approximate surface area is 55.0 Å². The maximum atomic E-state index is 7.98. The van der Waals surface area contributed by atoms with E-state index in [0.29, 0.717) is 11.0 Å². The summed E-state index contributed by atoms with van der Waals surface area (Å²) < 4.78 is 3.70. The van der Waals surface area contributed by atoms with E-state index in [2.05, 4.69) is 14.5 Å². The molecule has 9 heavy (non-hydrogen) atoms. The second-order valence-electron chi connectivity index (χ2n) is 1.24. The molecule has 1 aromatic heterocycles. The fourth-order valence-electron chi connectivity index (χ4n) is 0.351. The van der Waals surface area contributed by atoms with Crippen LogP contribution in [0.3, 0.4) is 0 Å². The number of nitrogen functional groups attached to an aromatic ring is 1. The molecule has 0 saturated carbocycles. The minimum Gasteiger partial charge on any atom is -0.411 e. The standard InChI is InChI=1S/C3H4N4OS/c4-3-6-2(1-5-8)7-9-3/h1,8H,(H2,4,6,7)/b5-1+. The molecule has 0 aliphatic rings. The van der Waals surface area contributed by atoms with Crippen LogP contribution in [-0.2, 0) is 0 Å². The summed E-state index contributed by atoms with van der Waals surface area (Å²) in [5.41, 5.74) is 5.21. The lowest BCUT2D eigenvalue weighted by atomic mass is 10.7. The number of hydrogen-bond acceptors (Lipinski definition) is 6. The predicted molar refractivity (Wildman–Crippen MR) is 33.7 cm³/mol. The van der Waals surface area contributed by atoms with E-state index < -0.39 is 0 Å². The van der Waals surface area contributed by atoms with Gasteiger partial charge in [0.1, 0.15) is 6.21 Å². The molecule has 0 saturated heterocycles. The quantitative estimate of drug-likeness (QED) is 0.328. The summed E-state index contributed by atoms with van der Waals surface area (Å²) in [5.74, 6) is 0.333. The second-order valence-corrected chi connectivity index (χ2v) is 2.02. The van der Waals surface area contributed by atoms with Gasteiger partial charge in [-0.1, -0.05) is 5.16 Å². The molecule has 0 aliphatic heterocycles. The van der Waals surface area contributed by atoms with Crippen LogP contribution in [0.15, 0.2) is 5.16 Å². The van der Waals surface area contributed by atoms with Crippen molar-refractivity contribution in [2.75, 3.05) is 5.73 Å². The molecular formula is C3H4N4OS. The monoisotopic (exact) mass is 144 g/mol.